The second kappa shape index (κ2) is 9.50. The maximum atomic E-state index is 12.3. The molecule has 25 heavy (non-hydrogen) atoms. The van der Waals surface area contributed by atoms with Crippen molar-refractivity contribution < 1.29 is 9.59 Å². The van der Waals surface area contributed by atoms with Crippen LogP contribution in [0.2, 0.25) is 0 Å². The van der Waals surface area contributed by atoms with Gasteiger partial charge in [0.05, 0.1) is 23.7 Å². The molecule has 0 aliphatic carbocycles. The number of carbonyl (C=O) groups is 2. The van der Waals surface area contributed by atoms with E-state index in [-0.39, 0.29) is 18.4 Å². The van der Waals surface area contributed by atoms with Crippen molar-refractivity contribution in [2.75, 3.05) is 13.1 Å². The Morgan fingerprint density at radius 2 is 1.80 bits per heavy atom. The van der Waals surface area contributed by atoms with Gasteiger partial charge in [0.2, 0.25) is 5.91 Å². The standard InChI is InChI=1S/C19H19N3O2S/c1-2-21-18(23)12-22-19(24)16-5-3-4-6-17(16)25-13-15-9-7-14(11-20)8-10-15/h3-10H,2,12-13H2,1H3,(H,21,23)(H,22,24). The Morgan fingerprint density at radius 3 is 2.48 bits per heavy atom. The monoisotopic (exact) mass is 353 g/mol. The molecule has 0 aromatic heterocycles. The highest BCUT2D eigenvalue weighted by molar-refractivity contribution is 7.98. The summed E-state index contributed by atoms with van der Waals surface area (Å²) >= 11 is 1.54. The average Bonchev–Trinajstić information content (AvgIpc) is 2.65. The molecule has 0 bridgehead atoms. The number of nitriles is 1. The van der Waals surface area contributed by atoms with E-state index >= 15 is 0 Å². The van der Waals surface area contributed by atoms with Gasteiger partial charge in [0.1, 0.15) is 0 Å². The maximum absolute atomic E-state index is 12.3. The van der Waals surface area contributed by atoms with Gasteiger partial charge in [0, 0.05) is 17.2 Å². The van der Waals surface area contributed by atoms with Crippen LogP contribution in [0.5, 0.6) is 0 Å². The number of hydrogen-bond acceptors (Lipinski definition) is 4. The van der Waals surface area contributed by atoms with Crippen molar-refractivity contribution in [3.8, 4) is 6.07 Å². The summed E-state index contributed by atoms with van der Waals surface area (Å²) in [6, 6.07) is 16.8. The van der Waals surface area contributed by atoms with Crippen LogP contribution in [0.4, 0.5) is 0 Å². The van der Waals surface area contributed by atoms with E-state index in [4.69, 9.17) is 5.26 Å². The number of likely N-dealkylation sites (N-methyl/N-ethyl adjacent to an activating group) is 1. The summed E-state index contributed by atoms with van der Waals surface area (Å²) in [6.45, 7) is 2.32. The van der Waals surface area contributed by atoms with Crippen LogP contribution in [0.1, 0.15) is 28.4 Å². The minimum atomic E-state index is -0.269. The molecule has 0 saturated heterocycles. The van der Waals surface area contributed by atoms with E-state index in [2.05, 4.69) is 16.7 Å². The first-order valence-corrected chi connectivity index (χ1v) is 8.88. The van der Waals surface area contributed by atoms with Gasteiger partial charge in [-0.25, -0.2) is 0 Å². The lowest BCUT2D eigenvalue weighted by Crippen LogP contribution is -2.36. The lowest BCUT2D eigenvalue weighted by atomic mass is 10.2. The van der Waals surface area contributed by atoms with E-state index in [1.807, 2.05) is 31.2 Å². The quantitative estimate of drug-likeness (QED) is 0.750. The van der Waals surface area contributed by atoms with Crippen molar-refractivity contribution in [3.63, 3.8) is 0 Å². The highest BCUT2D eigenvalue weighted by Crippen LogP contribution is 2.26. The summed E-state index contributed by atoms with van der Waals surface area (Å²) in [5, 5.41) is 14.1. The number of nitrogens with one attached hydrogen (secondary N) is 2. The fourth-order valence-electron chi connectivity index (χ4n) is 2.13. The molecule has 0 atom stereocenters. The van der Waals surface area contributed by atoms with E-state index in [1.165, 1.54) is 0 Å². The van der Waals surface area contributed by atoms with Gasteiger partial charge < -0.3 is 10.6 Å². The molecule has 0 heterocycles. The molecule has 2 aromatic rings. The Balaban J connectivity index is 2.00. The van der Waals surface area contributed by atoms with Crippen LogP contribution in [0, 0.1) is 11.3 Å². The normalized spacial score (nSPS) is 9.92. The molecule has 0 fully saturated rings. The van der Waals surface area contributed by atoms with Gasteiger partial charge in [-0.3, -0.25) is 9.59 Å². The molecule has 2 rings (SSSR count). The average molecular weight is 353 g/mol. The van der Waals surface area contributed by atoms with E-state index < -0.39 is 0 Å². The van der Waals surface area contributed by atoms with E-state index in [0.29, 0.717) is 23.4 Å². The number of hydrogen-bond donors (Lipinski definition) is 2. The van der Waals surface area contributed by atoms with E-state index in [9.17, 15) is 9.59 Å². The van der Waals surface area contributed by atoms with Crippen LogP contribution in [0.15, 0.2) is 53.4 Å². The van der Waals surface area contributed by atoms with Crippen molar-refractivity contribution in [1.82, 2.24) is 10.6 Å². The minimum absolute atomic E-state index is 0.0404. The second-order valence-electron chi connectivity index (χ2n) is 5.23. The molecule has 0 radical (unpaired) electrons. The van der Waals surface area contributed by atoms with E-state index in [0.717, 1.165) is 10.5 Å². The molecule has 128 valence electrons. The van der Waals surface area contributed by atoms with Crippen molar-refractivity contribution in [1.29, 1.82) is 5.26 Å². The number of nitrogens with zero attached hydrogens (tertiary/aromatic N) is 1. The number of rotatable bonds is 7. The zero-order chi connectivity index (χ0) is 18.1. The van der Waals surface area contributed by atoms with Gasteiger partial charge in [-0.1, -0.05) is 24.3 Å². The molecule has 0 aliphatic heterocycles. The smallest absolute Gasteiger partial charge is 0.252 e. The van der Waals surface area contributed by atoms with Crippen molar-refractivity contribution in [3.05, 3.63) is 65.2 Å². The Hall–Kier alpha value is -2.78. The van der Waals surface area contributed by atoms with Crippen LogP contribution in [-0.4, -0.2) is 24.9 Å². The molecule has 2 N–H and O–H groups in total. The first-order valence-electron chi connectivity index (χ1n) is 7.89. The zero-order valence-electron chi connectivity index (χ0n) is 13.9. The SMILES string of the molecule is CCNC(=O)CNC(=O)c1ccccc1SCc1ccc(C#N)cc1. The largest absolute Gasteiger partial charge is 0.355 e. The number of carbonyl (C=O) groups excluding carboxylic acids is 2. The van der Waals surface area contributed by atoms with Gasteiger partial charge in [0.25, 0.3) is 5.91 Å². The molecule has 0 spiro atoms. The third-order valence-corrected chi connectivity index (χ3v) is 4.54. The van der Waals surface area contributed by atoms with Crippen molar-refractivity contribution >= 4 is 23.6 Å². The molecule has 5 nitrogen and oxygen atoms in total. The lowest BCUT2D eigenvalue weighted by Gasteiger charge is -2.10. The second-order valence-corrected chi connectivity index (χ2v) is 6.25. The summed E-state index contributed by atoms with van der Waals surface area (Å²) in [4.78, 5) is 24.6. The lowest BCUT2D eigenvalue weighted by molar-refractivity contribution is -0.120. The first-order chi connectivity index (χ1) is 12.1. The third kappa shape index (κ3) is 5.66. The van der Waals surface area contributed by atoms with Crippen LogP contribution in [0.3, 0.4) is 0 Å². The summed E-state index contributed by atoms with van der Waals surface area (Å²) in [6.07, 6.45) is 0. The van der Waals surface area contributed by atoms with Crippen LogP contribution >= 0.6 is 11.8 Å². The van der Waals surface area contributed by atoms with Gasteiger partial charge in [0.15, 0.2) is 0 Å². The number of benzene rings is 2. The zero-order valence-corrected chi connectivity index (χ0v) is 14.7. The highest BCUT2D eigenvalue weighted by atomic mass is 32.2. The number of amides is 2. The van der Waals surface area contributed by atoms with Gasteiger partial charge >= 0.3 is 0 Å². The van der Waals surface area contributed by atoms with Gasteiger partial charge in [-0.2, -0.15) is 5.26 Å². The molecule has 0 unspecified atom stereocenters. The Labute approximate surface area is 151 Å². The summed E-state index contributed by atoms with van der Waals surface area (Å²) in [7, 11) is 0. The minimum Gasteiger partial charge on any atom is -0.355 e. The molecule has 2 amide bonds. The fraction of sp³-hybridized carbons (Fsp3) is 0.211. The molecular formula is C19H19N3O2S. The van der Waals surface area contributed by atoms with E-state index in [1.54, 1.807) is 36.0 Å². The topological polar surface area (TPSA) is 82.0 Å². The van der Waals surface area contributed by atoms with Gasteiger partial charge in [-0.05, 0) is 36.8 Å². The predicted molar refractivity (Wildman–Crippen MR) is 98.2 cm³/mol. The maximum Gasteiger partial charge on any atom is 0.252 e. The highest BCUT2D eigenvalue weighted by Gasteiger charge is 2.12. The molecule has 0 aliphatic rings. The van der Waals surface area contributed by atoms with Crippen LogP contribution in [-0.2, 0) is 10.5 Å². The third-order valence-electron chi connectivity index (χ3n) is 3.39. The van der Waals surface area contributed by atoms with Crippen molar-refractivity contribution in [2.24, 2.45) is 0 Å². The van der Waals surface area contributed by atoms with Crippen molar-refractivity contribution in [2.45, 2.75) is 17.6 Å². The summed E-state index contributed by atoms with van der Waals surface area (Å²) < 4.78 is 0. The Kier molecular flexibility index (Phi) is 7.05. The predicted octanol–water partition coefficient (Wildman–Crippen LogP) is 2.72. The molecule has 6 heteroatoms. The molecular weight excluding hydrogens is 334 g/mol. The Morgan fingerprint density at radius 1 is 1.08 bits per heavy atom. The Bertz CT molecular complexity index is 782. The van der Waals surface area contributed by atoms with Gasteiger partial charge in [-0.15, -0.1) is 11.8 Å². The number of thioether (sulfide) groups is 1. The van der Waals surface area contributed by atoms with Crippen LogP contribution in [0.25, 0.3) is 0 Å². The molecule has 0 saturated carbocycles. The summed E-state index contributed by atoms with van der Waals surface area (Å²) in [5.41, 5.74) is 2.24. The summed E-state index contributed by atoms with van der Waals surface area (Å²) in [5.74, 6) is 0.208. The fourth-order valence-corrected chi connectivity index (χ4v) is 3.14. The molecule has 2 aromatic carbocycles. The van der Waals surface area contributed by atoms with Crippen LogP contribution < -0.4 is 10.6 Å². The first kappa shape index (κ1) is 18.6.